The summed E-state index contributed by atoms with van der Waals surface area (Å²) in [5.74, 6) is -0.161. The van der Waals surface area contributed by atoms with Crippen LogP contribution in [0.4, 0.5) is 0 Å². The molecule has 0 aliphatic rings. The van der Waals surface area contributed by atoms with Gasteiger partial charge < -0.3 is 4.74 Å². The van der Waals surface area contributed by atoms with Crippen LogP contribution in [0.5, 0.6) is 0 Å². The van der Waals surface area contributed by atoms with Crippen molar-refractivity contribution in [3.63, 3.8) is 0 Å². The molecule has 0 N–H and O–H groups in total. The fraction of sp³-hybridized carbons (Fsp3) is 0.583. The molecular formula is C12H20O2. The Morgan fingerprint density at radius 1 is 1.21 bits per heavy atom. The molecule has 0 fully saturated rings. The molecule has 80 valence electrons. The Balaban J connectivity index is 3.43. The number of rotatable bonds is 7. The van der Waals surface area contributed by atoms with E-state index in [-0.39, 0.29) is 5.97 Å². The molecule has 0 spiro atoms. The molecule has 0 atom stereocenters. The Morgan fingerprint density at radius 3 is 2.57 bits per heavy atom. The van der Waals surface area contributed by atoms with Crippen molar-refractivity contribution in [2.45, 2.75) is 39.5 Å². The van der Waals surface area contributed by atoms with Gasteiger partial charge in [0.25, 0.3) is 0 Å². The maximum absolute atomic E-state index is 10.9. The largest absolute Gasteiger partial charge is 0.466 e. The van der Waals surface area contributed by atoms with E-state index in [1.165, 1.54) is 12.8 Å². The van der Waals surface area contributed by atoms with E-state index in [1.807, 2.05) is 25.2 Å². The molecule has 0 rings (SSSR count). The molecule has 14 heavy (non-hydrogen) atoms. The first kappa shape index (κ1) is 12.9. The van der Waals surface area contributed by atoms with E-state index in [2.05, 4.69) is 13.0 Å². The third kappa shape index (κ3) is 9.04. The number of esters is 1. The third-order valence-electron chi connectivity index (χ3n) is 1.70. The van der Waals surface area contributed by atoms with E-state index < -0.39 is 0 Å². The van der Waals surface area contributed by atoms with Crippen LogP contribution in [0, 0.1) is 0 Å². The second-order valence-electron chi connectivity index (χ2n) is 3.01. The first-order chi connectivity index (χ1) is 6.81. The highest BCUT2D eigenvalue weighted by atomic mass is 16.5. The minimum absolute atomic E-state index is 0.161. The number of carbonyl (C=O) groups excluding carboxylic acids is 1. The molecule has 0 saturated carbocycles. The van der Waals surface area contributed by atoms with Crippen molar-refractivity contribution < 1.29 is 9.53 Å². The molecule has 0 aliphatic carbocycles. The molecule has 0 aromatic carbocycles. The van der Waals surface area contributed by atoms with Gasteiger partial charge in [0.05, 0.1) is 13.0 Å². The Kier molecular flexibility index (Phi) is 9.28. The lowest BCUT2D eigenvalue weighted by Gasteiger charge is -1.95. The second-order valence-corrected chi connectivity index (χ2v) is 3.01. The standard InChI is InChI=1S/C12H20O2/c1-3-5-6-7-8-9-10-11-12(13)14-4-2/h7-10H,3-6,11H2,1-2H3/b8-7+,10-9+. The van der Waals surface area contributed by atoms with E-state index in [4.69, 9.17) is 4.74 Å². The van der Waals surface area contributed by atoms with Crippen LogP contribution in [0.3, 0.4) is 0 Å². The fourth-order valence-corrected chi connectivity index (χ4v) is 0.960. The molecule has 0 bridgehead atoms. The lowest BCUT2D eigenvalue weighted by Crippen LogP contribution is -2.01. The van der Waals surface area contributed by atoms with Crippen molar-refractivity contribution in [1.29, 1.82) is 0 Å². The third-order valence-corrected chi connectivity index (χ3v) is 1.70. The van der Waals surface area contributed by atoms with Crippen LogP contribution in [-0.2, 0) is 9.53 Å². The fourth-order valence-electron chi connectivity index (χ4n) is 0.960. The number of allylic oxidation sites excluding steroid dienone is 3. The van der Waals surface area contributed by atoms with Crippen molar-refractivity contribution in [3.05, 3.63) is 24.3 Å². The van der Waals surface area contributed by atoms with Crippen molar-refractivity contribution >= 4 is 5.97 Å². The lowest BCUT2D eigenvalue weighted by atomic mass is 10.2. The van der Waals surface area contributed by atoms with Crippen molar-refractivity contribution in [1.82, 2.24) is 0 Å². The van der Waals surface area contributed by atoms with Gasteiger partial charge in [-0.3, -0.25) is 4.79 Å². The Bertz CT molecular complexity index is 192. The summed E-state index contributed by atoms with van der Waals surface area (Å²) < 4.78 is 4.77. The maximum Gasteiger partial charge on any atom is 0.309 e. The van der Waals surface area contributed by atoms with Crippen LogP contribution < -0.4 is 0 Å². The molecule has 0 heterocycles. The average Bonchev–Trinajstić information content (AvgIpc) is 2.17. The summed E-state index contributed by atoms with van der Waals surface area (Å²) in [7, 11) is 0. The molecule has 2 heteroatoms. The number of unbranched alkanes of at least 4 members (excludes halogenated alkanes) is 2. The summed E-state index contributed by atoms with van der Waals surface area (Å²) in [4.78, 5) is 10.9. The predicted molar refractivity (Wildman–Crippen MR) is 59.1 cm³/mol. The van der Waals surface area contributed by atoms with E-state index in [9.17, 15) is 4.79 Å². The summed E-state index contributed by atoms with van der Waals surface area (Å²) >= 11 is 0. The molecule has 0 aromatic rings. The molecule has 0 amide bonds. The molecule has 0 saturated heterocycles. The van der Waals surface area contributed by atoms with Crippen molar-refractivity contribution in [3.8, 4) is 0 Å². The van der Waals surface area contributed by atoms with Gasteiger partial charge in [0.1, 0.15) is 0 Å². The SMILES string of the molecule is CCCC/C=C/C=C/CC(=O)OCC. The van der Waals surface area contributed by atoms with E-state index in [0.29, 0.717) is 13.0 Å². The molecule has 0 unspecified atom stereocenters. The predicted octanol–water partition coefficient (Wildman–Crippen LogP) is 3.24. The van der Waals surface area contributed by atoms with Gasteiger partial charge in [-0.2, -0.15) is 0 Å². The van der Waals surface area contributed by atoms with Crippen LogP contribution in [0.1, 0.15) is 39.5 Å². The first-order valence-electron chi connectivity index (χ1n) is 5.28. The number of hydrogen-bond acceptors (Lipinski definition) is 2. The van der Waals surface area contributed by atoms with Crippen LogP contribution in [0.15, 0.2) is 24.3 Å². The van der Waals surface area contributed by atoms with Gasteiger partial charge in [0.2, 0.25) is 0 Å². The normalized spacial score (nSPS) is 11.3. The van der Waals surface area contributed by atoms with Gasteiger partial charge in [0, 0.05) is 0 Å². The van der Waals surface area contributed by atoms with Gasteiger partial charge >= 0.3 is 5.97 Å². The van der Waals surface area contributed by atoms with Crippen molar-refractivity contribution in [2.75, 3.05) is 6.61 Å². The van der Waals surface area contributed by atoms with Crippen molar-refractivity contribution in [2.24, 2.45) is 0 Å². The van der Waals surface area contributed by atoms with Gasteiger partial charge in [-0.1, -0.05) is 44.1 Å². The molecule has 0 aliphatic heterocycles. The monoisotopic (exact) mass is 196 g/mol. The highest BCUT2D eigenvalue weighted by molar-refractivity contribution is 5.71. The van der Waals surface area contributed by atoms with E-state index in [1.54, 1.807) is 0 Å². The molecule has 2 nitrogen and oxygen atoms in total. The highest BCUT2D eigenvalue weighted by Gasteiger charge is 1.94. The van der Waals surface area contributed by atoms with Gasteiger partial charge in [0.15, 0.2) is 0 Å². The summed E-state index contributed by atoms with van der Waals surface area (Å²) in [5.41, 5.74) is 0. The second kappa shape index (κ2) is 10.0. The van der Waals surface area contributed by atoms with Gasteiger partial charge in [-0.25, -0.2) is 0 Å². The zero-order chi connectivity index (χ0) is 10.6. The number of hydrogen-bond donors (Lipinski definition) is 0. The number of carbonyl (C=O) groups is 1. The topological polar surface area (TPSA) is 26.3 Å². The highest BCUT2D eigenvalue weighted by Crippen LogP contribution is 1.95. The summed E-state index contributed by atoms with van der Waals surface area (Å²) in [6, 6.07) is 0. The van der Waals surface area contributed by atoms with Crippen LogP contribution >= 0.6 is 0 Å². The smallest absolute Gasteiger partial charge is 0.309 e. The molecule has 0 aromatic heterocycles. The average molecular weight is 196 g/mol. The van der Waals surface area contributed by atoms with Crippen LogP contribution in [0.2, 0.25) is 0 Å². The minimum atomic E-state index is -0.161. The Morgan fingerprint density at radius 2 is 1.93 bits per heavy atom. The first-order valence-corrected chi connectivity index (χ1v) is 5.28. The Labute approximate surface area is 86.6 Å². The minimum Gasteiger partial charge on any atom is -0.466 e. The Hall–Kier alpha value is -1.05. The maximum atomic E-state index is 10.9. The summed E-state index contributed by atoms with van der Waals surface area (Å²) in [6.07, 6.45) is 11.7. The summed E-state index contributed by atoms with van der Waals surface area (Å²) in [6.45, 7) is 4.44. The van der Waals surface area contributed by atoms with Crippen LogP contribution in [0.25, 0.3) is 0 Å². The zero-order valence-electron chi connectivity index (χ0n) is 9.16. The molecular weight excluding hydrogens is 176 g/mol. The number of ether oxygens (including phenoxy) is 1. The quantitative estimate of drug-likeness (QED) is 0.355. The van der Waals surface area contributed by atoms with Gasteiger partial charge in [-0.05, 0) is 13.3 Å². The van der Waals surface area contributed by atoms with Gasteiger partial charge in [-0.15, -0.1) is 0 Å². The van der Waals surface area contributed by atoms with Crippen LogP contribution in [-0.4, -0.2) is 12.6 Å². The zero-order valence-corrected chi connectivity index (χ0v) is 9.16. The van der Waals surface area contributed by atoms with E-state index >= 15 is 0 Å². The summed E-state index contributed by atoms with van der Waals surface area (Å²) in [5, 5.41) is 0. The molecule has 0 radical (unpaired) electrons. The lowest BCUT2D eigenvalue weighted by molar-refractivity contribution is -0.142. The van der Waals surface area contributed by atoms with E-state index in [0.717, 1.165) is 6.42 Å².